The molecule has 4 aliphatic rings. The number of carboxylic acid groups (broad SMARTS) is 1. The van der Waals surface area contributed by atoms with Crippen LogP contribution in [0, 0.1) is 12.8 Å². The number of phenolic OH excluding ortho intramolecular Hbond substituents is 1. The standard InChI is InChI=1S/C34H49N5O9/c1-20-7-10-24(40)29-28(20)33-13-16-39(19-22-8-9-22)21(2)34(33,46)12-11-25(30(33)48-29)47-32(45)38(3)17-15-36-31(44)23(6-4-5-14-35)37-26(41)18-27(42)43/h7,10-11,21-23,30,40,46H,4-6,8-9,12-19,35H2,1-3H3,(H,36,44)(H,37,41)(H,42,43). The Morgan fingerprint density at radius 3 is 2.67 bits per heavy atom. The van der Waals surface area contributed by atoms with Crippen molar-refractivity contribution in [3.63, 3.8) is 0 Å². The number of nitrogens with zero attached hydrogens (tertiary/aromatic N) is 2. The van der Waals surface area contributed by atoms with Crippen molar-refractivity contribution >= 4 is 23.9 Å². The highest BCUT2D eigenvalue weighted by Crippen LogP contribution is 2.62. The molecule has 5 atom stereocenters. The molecule has 3 amide bonds. The van der Waals surface area contributed by atoms with E-state index in [0.29, 0.717) is 37.5 Å². The van der Waals surface area contributed by atoms with E-state index in [1.54, 1.807) is 12.1 Å². The lowest BCUT2D eigenvalue weighted by Gasteiger charge is -2.59. The molecule has 0 bridgehead atoms. The van der Waals surface area contributed by atoms with Crippen molar-refractivity contribution in [2.45, 2.75) is 94.4 Å². The van der Waals surface area contributed by atoms with E-state index in [1.807, 2.05) is 19.9 Å². The first-order chi connectivity index (χ1) is 22.8. The average Bonchev–Trinajstić information content (AvgIpc) is 3.78. The van der Waals surface area contributed by atoms with Gasteiger partial charge in [0.25, 0.3) is 0 Å². The molecule has 1 saturated heterocycles. The Kier molecular flexibility index (Phi) is 10.6. The number of aromatic hydroxyl groups is 1. The number of hydrogen-bond donors (Lipinski definition) is 6. The van der Waals surface area contributed by atoms with Gasteiger partial charge in [-0.1, -0.05) is 6.07 Å². The van der Waals surface area contributed by atoms with Gasteiger partial charge >= 0.3 is 12.1 Å². The number of carbonyl (C=O) groups excluding carboxylic acids is 3. The highest BCUT2D eigenvalue weighted by molar-refractivity contribution is 5.96. The number of carbonyl (C=O) groups is 4. The Bertz CT molecular complexity index is 1450. The van der Waals surface area contributed by atoms with E-state index in [4.69, 9.17) is 20.3 Å². The predicted molar refractivity (Wildman–Crippen MR) is 174 cm³/mol. The van der Waals surface area contributed by atoms with Crippen molar-refractivity contribution in [3.8, 4) is 11.5 Å². The number of carboxylic acids is 1. The molecule has 2 aliphatic heterocycles. The number of unbranched alkanes of at least 4 members (excludes halogenated alkanes) is 1. The summed E-state index contributed by atoms with van der Waals surface area (Å²) in [5.41, 5.74) is 4.98. The number of nitrogens with two attached hydrogens (primary N) is 1. The van der Waals surface area contributed by atoms with Crippen LogP contribution in [0.2, 0.25) is 0 Å². The Morgan fingerprint density at radius 1 is 1.23 bits per heavy atom. The lowest BCUT2D eigenvalue weighted by atomic mass is 9.54. The number of hydrogen-bond acceptors (Lipinski definition) is 10. The Labute approximate surface area is 280 Å². The van der Waals surface area contributed by atoms with Crippen LogP contribution in [0.4, 0.5) is 4.79 Å². The van der Waals surface area contributed by atoms with Gasteiger partial charge in [0.1, 0.15) is 18.2 Å². The molecule has 1 aromatic carbocycles. The normalized spacial score (nSPS) is 26.6. The van der Waals surface area contributed by atoms with Gasteiger partial charge in [0.05, 0.1) is 11.0 Å². The molecule has 2 aliphatic carbocycles. The molecular formula is C34H49N5O9. The number of piperidine rings is 1. The number of likely N-dealkylation sites (N-methyl/N-ethyl adjacent to an activating group) is 1. The first kappa shape index (κ1) is 35.4. The topological polar surface area (TPSA) is 204 Å². The fraction of sp³-hybridized carbons (Fsp3) is 0.647. The van der Waals surface area contributed by atoms with E-state index in [9.17, 15) is 29.4 Å². The number of phenols is 1. The third-order valence-corrected chi connectivity index (χ3v) is 10.5. The molecule has 0 radical (unpaired) electrons. The van der Waals surface area contributed by atoms with Gasteiger partial charge in [-0.3, -0.25) is 19.3 Å². The molecule has 264 valence electrons. The van der Waals surface area contributed by atoms with Crippen LogP contribution in [0.25, 0.3) is 0 Å². The van der Waals surface area contributed by atoms with Gasteiger partial charge < -0.3 is 46.1 Å². The molecule has 2 fully saturated rings. The van der Waals surface area contributed by atoms with Crippen LogP contribution in [-0.2, 0) is 24.5 Å². The van der Waals surface area contributed by atoms with E-state index >= 15 is 0 Å². The van der Waals surface area contributed by atoms with Gasteiger partial charge in [-0.2, -0.15) is 0 Å². The van der Waals surface area contributed by atoms with Gasteiger partial charge in [0.15, 0.2) is 17.6 Å². The van der Waals surface area contributed by atoms with Gasteiger partial charge in [-0.05, 0) is 89.1 Å². The van der Waals surface area contributed by atoms with Crippen molar-refractivity contribution in [2.75, 3.05) is 39.8 Å². The SMILES string of the molecule is Cc1ccc(O)c2c1C13CCN(CC4CC4)C(C)C1(O)CC=C(OC(=O)N(C)CCNC(=O)C(CCCCN)NC(=O)CC(=O)O)C3O2. The quantitative estimate of drug-likeness (QED) is 0.124. The number of aliphatic carboxylic acids is 1. The minimum absolute atomic E-state index is 0.0335. The number of aliphatic hydroxyl groups is 1. The first-order valence-corrected chi connectivity index (χ1v) is 16.9. The van der Waals surface area contributed by atoms with Gasteiger partial charge in [-0.25, -0.2) is 4.79 Å². The van der Waals surface area contributed by atoms with Crippen LogP contribution in [0.15, 0.2) is 24.0 Å². The van der Waals surface area contributed by atoms with E-state index in [0.717, 1.165) is 24.2 Å². The maximum atomic E-state index is 13.4. The summed E-state index contributed by atoms with van der Waals surface area (Å²) < 4.78 is 12.4. The summed E-state index contributed by atoms with van der Waals surface area (Å²) in [7, 11) is 1.52. The fourth-order valence-corrected chi connectivity index (χ4v) is 7.68. The van der Waals surface area contributed by atoms with Gasteiger partial charge in [0.2, 0.25) is 11.8 Å². The highest BCUT2D eigenvalue weighted by Gasteiger charge is 2.69. The summed E-state index contributed by atoms with van der Waals surface area (Å²) in [6, 6.07) is 2.24. The molecule has 2 heterocycles. The monoisotopic (exact) mass is 671 g/mol. The van der Waals surface area contributed by atoms with E-state index in [2.05, 4.69) is 15.5 Å². The predicted octanol–water partition coefficient (Wildman–Crippen LogP) is 1.50. The van der Waals surface area contributed by atoms with Crippen molar-refractivity contribution in [2.24, 2.45) is 11.7 Å². The first-order valence-electron chi connectivity index (χ1n) is 16.9. The lowest BCUT2D eigenvalue weighted by molar-refractivity contribution is -0.158. The van der Waals surface area contributed by atoms with E-state index in [-0.39, 0.29) is 43.5 Å². The van der Waals surface area contributed by atoms with Crippen molar-refractivity contribution < 1.29 is 44.0 Å². The molecule has 14 heteroatoms. The zero-order valence-electron chi connectivity index (χ0n) is 28.0. The Hall–Kier alpha value is -3.88. The Balaban J connectivity index is 1.27. The molecule has 0 aromatic heterocycles. The molecule has 1 saturated carbocycles. The molecule has 1 spiro atoms. The lowest BCUT2D eigenvalue weighted by Crippen LogP contribution is -2.72. The third kappa shape index (κ3) is 6.83. The summed E-state index contributed by atoms with van der Waals surface area (Å²) in [6.45, 7) is 6.16. The van der Waals surface area contributed by atoms with Crippen LogP contribution in [-0.4, -0.2) is 113 Å². The minimum atomic E-state index is -1.30. The smallest absolute Gasteiger partial charge is 0.414 e. The zero-order valence-corrected chi connectivity index (χ0v) is 28.0. The second-order valence-electron chi connectivity index (χ2n) is 13.7. The summed E-state index contributed by atoms with van der Waals surface area (Å²) in [5.74, 6) is -1.40. The molecule has 5 rings (SSSR count). The Morgan fingerprint density at radius 2 is 1.98 bits per heavy atom. The number of fused-ring (bicyclic) bond motifs is 1. The van der Waals surface area contributed by atoms with Crippen molar-refractivity contribution in [3.05, 3.63) is 35.1 Å². The van der Waals surface area contributed by atoms with Crippen molar-refractivity contribution in [1.29, 1.82) is 0 Å². The van der Waals surface area contributed by atoms with E-state index in [1.165, 1.54) is 24.8 Å². The number of nitrogens with one attached hydrogen (secondary N) is 2. The van der Waals surface area contributed by atoms with Gasteiger partial charge in [0, 0.05) is 44.7 Å². The van der Waals surface area contributed by atoms with Crippen LogP contribution in [0.1, 0.15) is 69.4 Å². The van der Waals surface area contributed by atoms with Crippen molar-refractivity contribution in [1.82, 2.24) is 20.4 Å². The van der Waals surface area contributed by atoms with Crippen LogP contribution in [0.3, 0.4) is 0 Å². The second kappa shape index (κ2) is 14.3. The molecular weight excluding hydrogens is 622 g/mol. The van der Waals surface area contributed by atoms with Gasteiger partial charge in [-0.15, -0.1) is 0 Å². The highest BCUT2D eigenvalue weighted by atomic mass is 16.6. The number of ether oxygens (including phenoxy) is 2. The summed E-state index contributed by atoms with van der Waals surface area (Å²) in [5, 5.41) is 37.5. The average molecular weight is 672 g/mol. The number of amides is 3. The van der Waals surface area contributed by atoms with E-state index < -0.39 is 53.5 Å². The molecule has 7 N–H and O–H groups in total. The molecule has 1 aromatic rings. The minimum Gasteiger partial charge on any atom is -0.504 e. The number of rotatable bonds is 14. The maximum Gasteiger partial charge on any atom is 0.414 e. The largest absolute Gasteiger partial charge is 0.504 e. The number of benzene rings is 1. The summed E-state index contributed by atoms with van der Waals surface area (Å²) >= 11 is 0. The third-order valence-electron chi connectivity index (χ3n) is 10.5. The van der Waals surface area contributed by atoms with Crippen LogP contribution in [0.5, 0.6) is 11.5 Å². The van der Waals surface area contributed by atoms with Crippen LogP contribution < -0.4 is 21.1 Å². The maximum absolute atomic E-state index is 13.4. The van der Waals surface area contributed by atoms with Crippen LogP contribution >= 0.6 is 0 Å². The summed E-state index contributed by atoms with van der Waals surface area (Å²) in [6.07, 6.45) is 4.08. The number of aryl methyl sites for hydroxylation is 1. The zero-order chi connectivity index (χ0) is 34.8. The second-order valence-corrected chi connectivity index (χ2v) is 13.7. The summed E-state index contributed by atoms with van der Waals surface area (Å²) in [4.78, 5) is 52.8. The number of likely N-dealkylation sites (tertiary alicyclic amines) is 1. The molecule has 5 unspecified atom stereocenters. The molecule has 14 nitrogen and oxygen atoms in total. The fourth-order valence-electron chi connectivity index (χ4n) is 7.68. The molecule has 48 heavy (non-hydrogen) atoms.